The first-order valence-electron chi connectivity index (χ1n) is 6.51. The van der Waals surface area contributed by atoms with E-state index in [0.29, 0.717) is 0 Å². The Morgan fingerprint density at radius 1 is 1.40 bits per heavy atom. The Kier molecular flexibility index (Phi) is 5.62. The van der Waals surface area contributed by atoms with Gasteiger partial charge >= 0.3 is 0 Å². The Bertz CT molecular complexity index is 170. The molecular weight excluding hydrogens is 186 g/mol. The van der Waals surface area contributed by atoms with Gasteiger partial charge in [0.25, 0.3) is 0 Å². The maximum Gasteiger partial charge on any atom is 0.0524 e. The van der Waals surface area contributed by atoms with Crippen LogP contribution in [0.2, 0.25) is 0 Å². The molecule has 0 bridgehead atoms. The van der Waals surface area contributed by atoms with Gasteiger partial charge in [0.2, 0.25) is 0 Å². The van der Waals surface area contributed by atoms with Crippen LogP contribution in [0.15, 0.2) is 0 Å². The van der Waals surface area contributed by atoms with E-state index in [0.717, 1.165) is 24.9 Å². The molecule has 2 nitrogen and oxygen atoms in total. The fraction of sp³-hybridized carbons (Fsp3) is 1.00. The molecule has 0 aliphatic heterocycles. The molecule has 15 heavy (non-hydrogen) atoms. The molecule has 1 saturated carbocycles. The Hall–Kier alpha value is -0.0800. The van der Waals surface area contributed by atoms with Gasteiger partial charge < -0.3 is 10.0 Å². The van der Waals surface area contributed by atoms with E-state index >= 15 is 0 Å². The van der Waals surface area contributed by atoms with Crippen molar-refractivity contribution in [2.24, 2.45) is 5.92 Å². The van der Waals surface area contributed by atoms with Crippen LogP contribution in [0.3, 0.4) is 0 Å². The zero-order valence-corrected chi connectivity index (χ0v) is 10.6. The monoisotopic (exact) mass is 213 g/mol. The fourth-order valence-electron chi connectivity index (χ4n) is 2.61. The zero-order chi connectivity index (χ0) is 11.3. The molecule has 3 unspecified atom stereocenters. The van der Waals surface area contributed by atoms with Gasteiger partial charge in [-0.2, -0.15) is 0 Å². The Morgan fingerprint density at radius 3 is 2.73 bits per heavy atom. The molecule has 1 N–H and O–H groups in total. The first-order valence-corrected chi connectivity index (χ1v) is 6.51. The maximum absolute atomic E-state index is 9.27. The van der Waals surface area contributed by atoms with Crippen LogP contribution < -0.4 is 0 Å². The lowest BCUT2D eigenvalue weighted by molar-refractivity contribution is 0.121. The van der Waals surface area contributed by atoms with Crippen molar-refractivity contribution in [3.8, 4) is 0 Å². The highest BCUT2D eigenvalue weighted by Crippen LogP contribution is 2.29. The lowest BCUT2D eigenvalue weighted by atomic mass is 9.83. The van der Waals surface area contributed by atoms with Crippen LogP contribution in [0.25, 0.3) is 0 Å². The molecule has 2 heteroatoms. The van der Waals surface area contributed by atoms with E-state index in [-0.39, 0.29) is 6.10 Å². The van der Waals surface area contributed by atoms with E-state index in [2.05, 4.69) is 18.9 Å². The van der Waals surface area contributed by atoms with E-state index in [1.54, 1.807) is 0 Å². The minimum atomic E-state index is -0.155. The third kappa shape index (κ3) is 4.52. The van der Waals surface area contributed by atoms with Crippen molar-refractivity contribution in [2.45, 2.75) is 64.5 Å². The second-order valence-corrected chi connectivity index (χ2v) is 5.21. The van der Waals surface area contributed by atoms with Crippen LogP contribution in [-0.2, 0) is 0 Å². The number of rotatable bonds is 5. The predicted molar refractivity (Wildman–Crippen MR) is 65.0 cm³/mol. The summed E-state index contributed by atoms with van der Waals surface area (Å²) in [6.45, 7) is 5.23. The Morgan fingerprint density at radius 2 is 2.13 bits per heavy atom. The number of hydrogen-bond donors (Lipinski definition) is 1. The largest absolute Gasteiger partial charge is 0.393 e. The molecule has 3 atom stereocenters. The summed E-state index contributed by atoms with van der Waals surface area (Å²) in [7, 11) is 2.21. The van der Waals surface area contributed by atoms with Gasteiger partial charge in [-0.3, -0.25) is 0 Å². The minimum Gasteiger partial charge on any atom is -0.393 e. The molecule has 0 aromatic rings. The molecule has 0 amide bonds. The van der Waals surface area contributed by atoms with E-state index in [1.807, 2.05) is 6.92 Å². The molecule has 1 rings (SSSR count). The van der Waals surface area contributed by atoms with Crippen LogP contribution >= 0.6 is 0 Å². The summed E-state index contributed by atoms with van der Waals surface area (Å²) >= 11 is 0. The molecule has 0 saturated heterocycles. The molecule has 0 radical (unpaired) electrons. The van der Waals surface area contributed by atoms with Crippen LogP contribution in [0.4, 0.5) is 0 Å². The third-order valence-corrected chi connectivity index (χ3v) is 3.86. The van der Waals surface area contributed by atoms with E-state index < -0.39 is 0 Å². The van der Waals surface area contributed by atoms with Gasteiger partial charge in [0.1, 0.15) is 0 Å². The van der Waals surface area contributed by atoms with Gasteiger partial charge in [0, 0.05) is 12.6 Å². The van der Waals surface area contributed by atoms with Crippen LogP contribution in [0.1, 0.15) is 52.4 Å². The molecule has 0 aromatic carbocycles. The van der Waals surface area contributed by atoms with Gasteiger partial charge in [-0.15, -0.1) is 0 Å². The van der Waals surface area contributed by atoms with Crippen LogP contribution in [0.5, 0.6) is 0 Å². The molecule has 90 valence electrons. The molecule has 0 aromatic heterocycles. The fourth-order valence-corrected chi connectivity index (χ4v) is 2.61. The third-order valence-electron chi connectivity index (χ3n) is 3.86. The summed E-state index contributed by atoms with van der Waals surface area (Å²) in [5, 5.41) is 9.27. The van der Waals surface area contributed by atoms with Crippen molar-refractivity contribution in [1.29, 1.82) is 0 Å². The summed E-state index contributed by atoms with van der Waals surface area (Å²) in [5.74, 6) is 0.942. The molecule has 1 fully saturated rings. The highest BCUT2D eigenvalue weighted by atomic mass is 16.3. The summed E-state index contributed by atoms with van der Waals surface area (Å²) < 4.78 is 0. The minimum absolute atomic E-state index is 0.155. The highest BCUT2D eigenvalue weighted by molar-refractivity contribution is 4.78. The molecule has 1 aliphatic rings. The summed E-state index contributed by atoms with van der Waals surface area (Å²) in [6, 6.07) is 0.766. The van der Waals surface area contributed by atoms with Gasteiger partial charge in [0.05, 0.1) is 6.10 Å². The van der Waals surface area contributed by atoms with Gasteiger partial charge in [0.15, 0.2) is 0 Å². The van der Waals surface area contributed by atoms with Crippen molar-refractivity contribution < 1.29 is 5.11 Å². The standard InChI is InChI=1S/C13H27NO/c1-4-12-6-5-7-13(10-12)14(3)9-8-11(2)15/h11-13,15H,4-10H2,1-3H3. The lowest BCUT2D eigenvalue weighted by Crippen LogP contribution is -2.37. The average molecular weight is 213 g/mol. The van der Waals surface area contributed by atoms with Crippen LogP contribution in [0, 0.1) is 5.92 Å². The number of hydrogen-bond acceptors (Lipinski definition) is 2. The Labute approximate surface area is 94.7 Å². The summed E-state index contributed by atoms with van der Waals surface area (Å²) in [4.78, 5) is 2.45. The molecular formula is C13H27NO. The van der Waals surface area contributed by atoms with Crippen LogP contribution in [-0.4, -0.2) is 35.7 Å². The maximum atomic E-state index is 9.27. The highest BCUT2D eigenvalue weighted by Gasteiger charge is 2.23. The lowest BCUT2D eigenvalue weighted by Gasteiger charge is -2.35. The second-order valence-electron chi connectivity index (χ2n) is 5.21. The normalized spacial score (nSPS) is 29.4. The summed E-state index contributed by atoms with van der Waals surface area (Å²) in [5.41, 5.74) is 0. The van der Waals surface area contributed by atoms with E-state index in [1.165, 1.54) is 32.1 Å². The van der Waals surface area contributed by atoms with E-state index in [9.17, 15) is 5.11 Å². The van der Waals surface area contributed by atoms with Gasteiger partial charge in [-0.1, -0.05) is 26.2 Å². The van der Waals surface area contributed by atoms with Crippen molar-refractivity contribution in [3.05, 3.63) is 0 Å². The SMILES string of the molecule is CCC1CCCC(N(C)CCC(C)O)C1. The first-order chi connectivity index (χ1) is 7.13. The summed E-state index contributed by atoms with van der Waals surface area (Å²) in [6.07, 6.45) is 7.63. The van der Waals surface area contributed by atoms with Gasteiger partial charge in [-0.05, 0) is 39.2 Å². The van der Waals surface area contributed by atoms with Crippen molar-refractivity contribution in [3.63, 3.8) is 0 Å². The van der Waals surface area contributed by atoms with Crippen molar-refractivity contribution >= 4 is 0 Å². The van der Waals surface area contributed by atoms with Gasteiger partial charge in [-0.25, -0.2) is 0 Å². The zero-order valence-electron chi connectivity index (χ0n) is 10.6. The number of aliphatic hydroxyl groups is 1. The predicted octanol–water partition coefficient (Wildman–Crippen LogP) is 2.66. The quantitative estimate of drug-likeness (QED) is 0.759. The number of nitrogens with zero attached hydrogens (tertiary/aromatic N) is 1. The topological polar surface area (TPSA) is 23.5 Å². The number of aliphatic hydroxyl groups excluding tert-OH is 1. The average Bonchev–Trinajstić information content (AvgIpc) is 2.26. The van der Waals surface area contributed by atoms with Crippen molar-refractivity contribution in [2.75, 3.05) is 13.6 Å². The molecule has 1 aliphatic carbocycles. The van der Waals surface area contributed by atoms with Crippen molar-refractivity contribution in [1.82, 2.24) is 4.90 Å². The second kappa shape index (κ2) is 6.49. The molecule has 0 spiro atoms. The van der Waals surface area contributed by atoms with E-state index in [4.69, 9.17) is 0 Å². The molecule has 0 heterocycles. The Balaban J connectivity index is 2.28. The smallest absolute Gasteiger partial charge is 0.0524 e. The first kappa shape index (κ1) is 13.0.